The summed E-state index contributed by atoms with van der Waals surface area (Å²) in [4.78, 5) is 13.9. The Labute approximate surface area is 103 Å². The third-order valence-electron chi connectivity index (χ3n) is 2.62. The van der Waals surface area contributed by atoms with Gasteiger partial charge in [-0.1, -0.05) is 24.1 Å². The molecule has 0 fully saturated rings. The van der Waals surface area contributed by atoms with Crippen LogP contribution in [0.2, 0.25) is 0 Å². The Morgan fingerprint density at radius 2 is 1.76 bits per heavy atom. The van der Waals surface area contributed by atoms with Crippen LogP contribution in [0.15, 0.2) is 18.2 Å². The van der Waals surface area contributed by atoms with E-state index in [2.05, 4.69) is 0 Å². The standard InChI is InChI=1S/C14H21NO2/c1-4-5-15(6-7-16)14(17)13-9-11(2)8-12(3)10-13/h8-10,16H,4-7H2,1-3H3. The number of aryl methyl sites for hydroxylation is 2. The maximum Gasteiger partial charge on any atom is 0.253 e. The van der Waals surface area contributed by atoms with Gasteiger partial charge in [0.2, 0.25) is 0 Å². The van der Waals surface area contributed by atoms with Gasteiger partial charge in [0.1, 0.15) is 0 Å². The van der Waals surface area contributed by atoms with Gasteiger partial charge in [0.25, 0.3) is 5.91 Å². The first-order valence-corrected chi connectivity index (χ1v) is 6.07. The number of aliphatic hydroxyl groups is 1. The molecule has 0 spiro atoms. The van der Waals surface area contributed by atoms with Crippen LogP contribution < -0.4 is 0 Å². The lowest BCUT2D eigenvalue weighted by atomic mass is 10.1. The van der Waals surface area contributed by atoms with E-state index in [0.29, 0.717) is 18.7 Å². The number of carbonyl (C=O) groups excluding carboxylic acids is 1. The molecule has 1 N–H and O–H groups in total. The van der Waals surface area contributed by atoms with Crippen molar-refractivity contribution in [3.8, 4) is 0 Å². The molecular formula is C14H21NO2. The smallest absolute Gasteiger partial charge is 0.253 e. The molecule has 0 heterocycles. The van der Waals surface area contributed by atoms with Gasteiger partial charge in [-0.2, -0.15) is 0 Å². The lowest BCUT2D eigenvalue weighted by molar-refractivity contribution is 0.0722. The highest BCUT2D eigenvalue weighted by molar-refractivity contribution is 5.94. The molecule has 17 heavy (non-hydrogen) atoms. The van der Waals surface area contributed by atoms with Gasteiger partial charge in [-0.05, 0) is 32.4 Å². The number of nitrogens with zero attached hydrogens (tertiary/aromatic N) is 1. The van der Waals surface area contributed by atoms with Crippen LogP contribution in [0.4, 0.5) is 0 Å². The molecule has 0 aliphatic rings. The van der Waals surface area contributed by atoms with Crippen molar-refractivity contribution in [1.29, 1.82) is 0 Å². The number of aliphatic hydroxyl groups excluding tert-OH is 1. The lowest BCUT2D eigenvalue weighted by Crippen LogP contribution is -2.34. The molecule has 0 atom stereocenters. The number of benzene rings is 1. The summed E-state index contributed by atoms with van der Waals surface area (Å²) in [6, 6.07) is 5.84. The largest absolute Gasteiger partial charge is 0.395 e. The molecule has 94 valence electrons. The Morgan fingerprint density at radius 3 is 2.24 bits per heavy atom. The summed E-state index contributed by atoms with van der Waals surface area (Å²) in [5, 5.41) is 8.97. The first-order valence-electron chi connectivity index (χ1n) is 6.07. The number of rotatable bonds is 5. The number of hydrogen-bond donors (Lipinski definition) is 1. The van der Waals surface area contributed by atoms with Gasteiger partial charge in [-0.3, -0.25) is 4.79 Å². The topological polar surface area (TPSA) is 40.5 Å². The van der Waals surface area contributed by atoms with Crippen molar-refractivity contribution in [2.75, 3.05) is 19.7 Å². The minimum atomic E-state index is 0.00713. The molecule has 0 aliphatic heterocycles. The van der Waals surface area contributed by atoms with Crippen LogP contribution in [0, 0.1) is 13.8 Å². The highest BCUT2D eigenvalue weighted by Crippen LogP contribution is 2.11. The minimum Gasteiger partial charge on any atom is -0.395 e. The average Bonchev–Trinajstić information content (AvgIpc) is 2.26. The van der Waals surface area contributed by atoms with Gasteiger partial charge in [0, 0.05) is 18.7 Å². The van der Waals surface area contributed by atoms with Crippen molar-refractivity contribution in [2.24, 2.45) is 0 Å². The van der Waals surface area contributed by atoms with E-state index in [0.717, 1.165) is 17.5 Å². The first kappa shape index (κ1) is 13.7. The zero-order valence-electron chi connectivity index (χ0n) is 10.9. The summed E-state index contributed by atoms with van der Waals surface area (Å²) < 4.78 is 0. The van der Waals surface area contributed by atoms with Crippen LogP contribution in [-0.4, -0.2) is 35.6 Å². The fourth-order valence-electron chi connectivity index (χ4n) is 1.99. The maximum atomic E-state index is 12.2. The summed E-state index contributed by atoms with van der Waals surface area (Å²) in [6.45, 7) is 7.10. The predicted molar refractivity (Wildman–Crippen MR) is 69.2 cm³/mol. The van der Waals surface area contributed by atoms with Crippen molar-refractivity contribution in [1.82, 2.24) is 4.90 Å². The molecule has 0 radical (unpaired) electrons. The van der Waals surface area contributed by atoms with Crippen LogP contribution in [0.5, 0.6) is 0 Å². The average molecular weight is 235 g/mol. The van der Waals surface area contributed by atoms with Gasteiger partial charge in [0.15, 0.2) is 0 Å². The van der Waals surface area contributed by atoms with Crippen LogP contribution in [0.1, 0.15) is 34.8 Å². The third-order valence-corrected chi connectivity index (χ3v) is 2.62. The van der Waals surface area contributed by atoms with Crippen LogP contribution in [-0.2, 0) is 0 Å². The highest BCUT2D eigenvalue weighted by Gasteiger charge is 2.14. The molecule has 3 nitrogen and oxygen atoms in total. The maximum absolute atomic E-state index is 12.2. The van der Waals surface area contributed by atoms with E-state index in [1.807, 2.05) is 39.0 Å². The van der Waals surface area contributed by atoms with E-state index in [9.17, 15) is 4.79 Å². The van der Waals surface area contributed by atoms with Crippen molar-refractivity contribution in [3.63, 3.8) is 0 Å². The molecule has 0 saturated heterocycles. The fourth-order valence-corrected chi connectivity index (χ4v) is 1.99. The molecule has 1 aromatic carbocycles. The van der Waals surface area contributed by atoms with Crippen LogP contribution in [0.3, 0.4) is 0 Å². The predicted octanol–water partition coefficient (Wildman–Crippen LogP) is 2.15. The Morgan fingerprint density at radius 1 is 1.18 bits per heavy atom. The Hall–Kier alpha value is -1.35. The molecule has 0 aliphatic carbocycles. The zero-order chi connectivity index (χ0) is 12.8. The summed E-state index contributed by atoms with van der Waals surface area (Å²) >= 11 is 0. The third kappa shape index (κ3) is 3.86. The van der Waals surface area contributed by atoms with Crippen molar-refractivity contribution in [3.05, 3.63) is 34.9 Å². The van der Waals surface area contributed by atoms with E-state index in [1.165, 1.54) is 0 Å². The second-order valence-corrected chi connectivity index (χ2v) is 4.39. The van der Waals surface area contributed by atoms with Gasteiger partial charge in [0.05, 0.1) is 6.61 Å². The molecule has 3 heteroatoms. The highest BCUT2D eigenvalue weighted by atomic mass is 16.3. The minimum absolute atomic E-state index is 0.00713. The Kier molecular flexibility index (Phi) is 5.16. The summed E-state index contributed by atoms with van der Waals surface area (Å²) in [7, 11) is 0. The summed E-state index contributed by atoms with van der Waals surface area (Å²) in [5.41, 5.74) is 2.90. The van der Waals surface area contributed by atoms with E-state index in [4.69, 9.17) is 5.11 Å². The normalized spacial score (nSPS) is 10.4. The van der Waals surface area contributed by atoms with Crippen LogP contribution >= 0.6 is 0 Å². The van der Waals surface area contributed by atoms with Crippen molar-refractivity contribution < 1.29 is 9.90 Å². The number of hydrogen-bond acceptors (Lipinski definition) is 2. The van der Waals surface area contributed by atoms with Crippen molar-refractivity contribution >= 4 is 5.91 Å². The number of amides is 1. The zero-order valence-corrected chi connectivity index (χ0v) is 10.9. The SMILES string of the molecule is CCCN(CCO)C(=O)c1cc(C)cc(C)c1. The molecule has 0 bridgehead atoms. The Balaban J connectivity index is 2.92. The van der Waals surface area contributed by atoms with E-state index in [1.54, 1.807) is 4.90 Å². The first-order chi connectivity index (χ1) is 8.08. The van der Waals surface area contributed by atoms with Crippen molar-refractivity contribution in [2.45, 2.75) is 27.2 Å². The fraction of sp³-hybridized carbons (Fsp3) is 0.500. The molecule has 1 amide bonds. The van der Waals surface area contributed by atoms with Gasteiger partial charge < -0.3 is 10.0 Å². The Bertz CT molecular complexity index is 362. The van der Waals surface area contributed by atoms with E-state index >= 15 is 0 Å². The summed E-state index contributed by atoms with van der Waals surface area (Å²) in [6.07, 6.45) is 0.899. The molecular weight excluding hydrogens is 214 g/mol. The van der Waals surface area contributed by atoms with Gasteiger partial charge >= 0.3 is 0 Å². The second-order valence-electron chi connectivity index (χ2n) is 4.39. The second kappa shape index (κ2) is 6.40. The molecule has 1 aromatic rings. The molecule has 1 rings (SSSR count). The quantitative estimate of drug-likeness (QED) is 0.849. The van der Waals surface area contributed by atoms with E-state index < -0.39 is 0 Å². The lowest BCUT2D eigenvalue weighted by Gasteiger charge is -2.21. The van der Waals surface area contributed by atoms with Crippen LogP contribution in [0.25, 0.3) is 0 Å². The van der Waals surface area contributed by atoms with Gasteiger partial charge in [-0.15, -0.1) is 0 Å². The van der Waals surface area contributed by atoms with Gasteiger partial charge in [-0.25, -0.2) is 0 Å². The summed E-state index contributed by atoms with van der Waals surface area (Å²) in [5.74, 6) is 0.00713. The monoisotopic (exact) mass is 235 g/mol. The molecule has 0 unspecified atom stereocenters. The number of carbonyl (C=O) groups is 1. The molecule has 0 saturated carbocycles. The molecule has 0 aromatic heterocycles. The van der Waals surface area contributed by atoms with E-state index in [-0.39, 0.29) is 12.5 Å².